The van der Waals surface area contributed by atoms with E-state index in [1.165, 1.54) is 13.0 Å². The van der Waals surface area contributed by atoms with Crippen LogP contribution < -0.4 is 0 Å². The van der Waals surface area contributed by atoms with E-state index in [2.05, 4.69) is 13.2 Å². The van der Waals surface area contributed by atoms with Crippen molar-refractivity contribution in [2.24, 2.45) is 23.7 Å². The molecule has 4 unspecified atom stereocenters. The van der Waals surface area contributed by atoms with Gasteiger partial charge in [-0.3, -0.25) is 9.59 Å². The van der Waals surface area contributed by atoms with Crippen molar-refractivity contribution in [3.63, 3.8) is 0 Å². The van der Waals surface area contributed by atoms with E-state index in [4.69, 9.17) is 14.2 Å². The lowest BCUT2D eigenvalue weighted by Crippen LogP contribution is -2.35. The largest absolute Gasteiger partial charge is 0.462 e. The molecule has 0 spiro atoms. The minimum atomic E-state index is -0.547. The summed E-state index contributed by atoms with van der Waals surface area (Å²) >= 11 is 0. The van der Waals surface area contributed by atoms with Crippen LogP contribution in [0.15, 0.2) is 37.0 Å². The van der Waals surface area contributed by atoms with Crippen molar-refractivity contribution in [3.8, 4) is 0 Å². The van der Waals surface area contributed by atoms with E-state index in [-0.39, 0.29) is 37.2 Å². The van der Waals surface area contributed by atoms with Crippen LogP contribution in [0.1, 0.15) is 13.3 Å². The van der Waals surface area contributed by atoms with Gasteiger partial charge in [0.05, 0.1) is 11.8 Å². The predicted octanol–water partition coefficient (Wildman–Crippen LogP) is 1.82. The van der Waals surface area contributed by atoms with Crippen molar-refractivity contribution in [1.82, 2.24) is 0 Å². The summed E-state index contributed by atoms with van der Waals surface area (Å²) in [5, 5.41) is 0. The Labute approximate surface area is 141 Å². The Bertz CT molecular complexity index is 576. The quantitative estimate of drug-likeness (QED) is 0.221. The minimum absolute atomic E-state index is 0.00566. The molecule has 0 aromatic heterocycles. The van der Waals surface area contributed by atoms with Gasteiger partial charge in [-0.15, -0.1) is 0 Å². The Morgan fingerprint density at radius 1 is 1.04 bits per heavy atom. The van der Waals surface area contributed by atoms with Gasteiger partial charge in [-0.1, -0.05) is 31.4 Å². The molecule has 6 heteroatoms. The Balaban J connectivity index is 1.88. The van der Waals surface area contributed by atoms with Crippen molar-refractivity contribution in [1.29, 1.82) is 0 Å². The van der Waals surface area contributed by atoms with E-state index < -0.39 is 29.7 Å². The number of allylic oxidation sites excluding steroid dienone is 2. The van der Waals surface area contributed by atoms with Gasteiger partial charge >= 0.3 is 17.9 Å². The highest BCUT2D eigenvalue weighted by Gasteiger charge is 2.53. The molecule has 0 heterocycles. The van der Waals surface area contributed by atoms with Gasteiger partial charge in [0.15, 0.2) is 0 Å². The summed E-state index contributed by atoms with van der Waals surface area (Å²) < 4.78 is 15.2. The number of carbonyl (C=O) groups is 3. The van der Waals surface area contributed by atoms with Crippen molar-refractivity contribution in [3.05, 3.63) is 37.0 Å². The maximum Gasteiger partial charge on any atom is 0.333 e. The number of ether oxygens (including phenoxy) is 3. The number of esters is 3. The minimum Gasteiger partial charge on any atom is -0.462 e. The van der Waals surface area contributed by atoms with E-state index in [1.807, 2.05) is 12.2 Å². The van der Waals surface area contributed by atoms with Crippen LogP contribution in [0.2, 0.25) is 0 Å². The van der Waals surface area contributed by atoms with Crippen molar-refractivity contribution >= 4 is 17.9 Å². The normalized spacial score (nSPS) is 26.7. The summed E-state index contributed by atoms with van der Waals surface area (Å²) in [5.41, 5.74) is 0.282. The predicted molar refractivity (Wildman–Crippen MR) is 85.6 cm³/mol. The lowest BCUT2D eigenvalue weighted by atomic mass is 9.83. The Kier molecular flexibility index (Phi) is 5.95. The fourth-order valence-corrected chi connectivity index (χ4v) is 3.20. The zero-order valence-electron chi connectivity index (χ0n) is 13.7. The van der Waals surface area contributed by atoms with Gasteiger partial charge < -0.3 is 14.2 Å². The Morgan fingerprint density at radius 3 is 2.12 bits per heavy atom. The van der Waals surface area contributed by atoms with E-state index >= 15 is 0 Å². The molecule has 0 amide bonds. The molecule has 2 bridgehead atoms. The van der Waals surface area contributed by atoms with Crippen LogP contribution in [-0.2, 0) is 28.6 Å². The summed E-state index contributed by atoms with van der Waals surface area (Å²) in [4.78, 5) is 35.8. The van der Waals surface area contributed by atoms with Gasteiger partial charge in [0.2, 0.25) is 0 Å². The lowest BCUT2D eigenvalue weighted by Gasteiger charge is -2.24. The fourth-order valence-electron chi connectivity index (χ4n) is 3.20. The van der Waals surface area contributed by atoms with Crippen LogP contribution in [-0.4, -0.2) is 37.7 Å². The molecule has 0 aromatic carbocycles. The molecule has 0 saturated heterocycles. The SMILES string of the molecule is C=CCOC(=O)C1C2C=CC(C2)C1C(=O)OCCOC(=O)C(=C)C. The van der Waals surface area contributed by atoms with Gasteiger partial charge in [0, 0.05) is 5.57 Å². The molecule has 0 radical (unpaired) electrons. The first-order valence-corrected chi connectivity index (χ1v) is 7.90. The van der Waals surface area contributed by atoms with E-state index in [9.17, 15) is 14.4 Å². The first-order chi connectivity index (χ1) is 11.5. The highest BCUT2D eigenvalue weighted by Crippen LogP contribution is 2.49. The topological polar surface area (TPSA) is 78.9 Å². The average Bonchev–Trinajstić information content (AvgIpc) is 3.16. The molecule has 130 valence electrons. The summed E-state index contributed by atoms with van der Waals surface area (Å²) in [7, 11) is 0. The molecule has 1 saturated carbocycles. The van der Waals surface area contributed by atoms with Crippen LogP contribution in [0, 0.1) is 23.7 Å². The van der Waals surface area contributed by atoms with Crippen LogP contribution in [0.4, 0.5) is 0 Å². The van der Waals surface area contributed by atoms with E-state index in [0.29, 0.717) is 0 Å². The van der Waals surface area contributed by atoms with Crippen molar-refractivity contribution in [2.45, 2.75) is 13.3 Å². The highest BCUT2D eigenvalue weighted by atomic mass is 16.6. The molecule has 0 aromatic rings. The van der Waals surface area contributed by atoms with Crippen LogP contribution in [0.25, 0.3) is 0 Å². The van der Waals surface area contributed by atoms with E-state index in [1.54, 1.807) is 0 Å². The molecule has 0 N–H and O–H groups in total. The molecule has 2 rings (SSSR count). The number of hydrogen-bond donors (Lipinski definition) is 0. The maximum atomic E-state index is 12.4. The van der Waals surface area contributed by atoms with Gasteiger partial charge in [0.1, 0.15) is 19.8 Å². The average molecular weight is 334 g/mol. The standard InChI is InChI=1S/C18H22O6/c1-4-7-22-17(20)14-12-5-6-13(10-12)15(14)18(21)24-9-8-23-16(19)11(2)3/h4-6,12-15H,1-2,7-10H2,3H3. The number of rotatable bonds is 8. The molecule has 0 aliphatic heterocycles. The summed E-state index contributed by atoms with van der Waals surface area (Å²) in [6.07, 6.45) is 6.15. The molecule has 6 nitrogen and oxygen atoms in total. The smallest absolute Gasteiger partial charge is 0.333 e. The highest BCUT2D eigenvalue weighted by molar-refractivity contribution is 5.87. The first kappa shape index (κ1) is 18.0. The van der Waals surface area contributed by atoms with Gasteiger partial charge in [-0.05, 0) is 25.2 Å². The zero-order chi connectivity index (χ0) is 17.7. The van der Waals surface area contributed by atoms with Crippen molar-refractivity contribution in [2.75, 3.05) is 19.8 Å². The van der Waals surface area contributed by atoms with Crippen molar-refractivity contribution < 1.29 is 28.6 Å². The Morgan fingerprint density at radius 2 is 1.58 bits per heavy atom. The molecule has 2 aliphatic rings. The third-order valence-electron chi connectivity index (χ3n) is 4.26. The monoisotopic (exact) mass is 334 g/mol. The number of carbonyl (C=O) groups excluding carboxylic acids is 3. The third kappa shape index (κ3) is 3.93. The van der Waals surface area contributed by atoms with E-state index in [0.717, 1.165) is 6.42 Å². The second kappa shape index (κ2) is 7.95. The third-order valence-corrected chi connectivity index (χ3v) is 4.26. The lowest BCUT2D eigenvalue weighted by molar-refractivity contribution is -0.162. The summed E-state index contributed by atoms with van der Waals surface area (Å²) in [5.74, 6) is -2.46. The second-order valence-corrected chi connectivity index (χ2v) is 6.00. The molecular weight excluding hydrogens is 312 g/mol. The summed E-state index contributed by atoms with van der Waals surface area (Å²) in [6, 6.07) is 0. The second-order valence-electron chi connectivity index (χ2n) is 6.00. The van der Waals surface area contributed by atoms with Gasteiger partial charge in [0.25, 0.3) is 0 Å². The Hall–Kier alpha value is -2.37. The summed E-state index contributed by atoms with van der Waals surface area (Å²) in [6.45, 7) is 8.53. The van der Waals surface area contributed by atoms with Gasteiger partial charge in [-0.2, -0.15) is 0 Å². The maximum absolute atomic E-state index is 12.4. The molecule has 1 fully saturated rings. The molecular formula is C18H22O6. The van der Waals surface area contributed by atoms with Crippen LogP contribution in [0.3, 0.4) is 0 Å². The molecule has 4 atom stereocenters. The number of hydrogen-bond acceptors (Lipinski definition) is 6. The first-order valence-electron chi connectivity index (χ1n) is 7.90. The molecule has 2 aliphatic carbocycles. The van der Waals surface area contributed by atoms with Crippen LogP contribution in [0.5, 0.6) is 0 Å². The van der Waals surface area contributed by atoms with Gasteiger partial charge in [-0.25, -0.2) is 4.79 Å². The number of fused-ring (bicyclic) bond motifs is 2. The zero-order valence-corrected chi connectivity index (χ0v) is 13.7. The fraction of sp³-hybridized carbons (Fsp3) is 0.500. The molecule has 24 heavy (non-hydrogen) atoms. The van der Waals surface area contributed by atoms with Crippen LogP contribution >= 0.6 is 0 Å².